The first-order valence-electron chi connectivity index (χ1n) is 2.92. The van der Waals surface area contributed by atoms with Gasteiger partial charge in [-0.05, 0) is 18.2 Å². The topological polar surface area (TPSA) is 64.2 Å². The predicted octanol–water partition coefficient (Wildman–Crippen LogP) is 0.480. The molecule has 0 aromatic heterocycles. The zero-order valence-corrected chi connectivity index (χ0v) is 6.49. The van der Waals surface area contributed by atoms with Crippen LogP contribution in [0.4, 0.5) is 0 Å². The van der Waals surface area contributed by atoms with Crippen LogP contribution in [0.15, 0.2) is 24.3 Å². The molecule has 0 aliphatic carbocycles. The molecule has 0 heterocycles. The van der Waals surface area contributed by atoms with Crippen LogP contribution in [0.25, 0.3) is 0 Å². The standard InChI is InChI=1S/C7H6NO2P/c8-5-6-2-1-3-7(4-6)11(9)10/h1-4,9-10H. The summed E-state index contributed by atoms with van der Waals surface area (Å²) in [6, 6.07) is 8.18. The van der Waals surface area contributed by atoms with Crippen molar-refractivity contribution in [1.29, 1.82) is 5.26 Å². The van der Waals surface area contributed by atoms with Crippen molar-refractivity contribution in [2.45, 2.75) is 0 Å². The van der Waals surface area contributed by atoms with Crippen LogP contribution in [0.5, 0.6) is 0 Å². The highest BCUT2D eigenvalue weighted by Gasteiger charge is 2.02. The van der Waals surface area contributed by atoms with Gasteiger partial charge >= 0.3 is 0 Å². The molecule has 4 heteroatoms. The van der Waals surface area contributed by atoms with Crippen LogP contribution in [0, 0.1) is 11.3 Å². The fourth-order valence-electron chi connectivity index (χ4n) is 0.700. The summed E-state index contributed by atoms with van der Waals surface area (Å²) in [6.07, 6.45) is 0. The Kier molecular flexibility index (Phi) is 2.56. The van der Waals surface area contributed by atoms with E-state index in [1.807, 2.05) is 6.07 Å². The van der Waals surface area contributed by atoms with Crippen molar-refractivity contribution < 1.29 is 9.79 Å². The first kappa shape index (κ1) is 8.16. The van der Waals surface area contributed by atoms with Crippen LogP contribution in [-0.4, -0.2) is 9.79 Å². The Labute approximate surface area is 65.5 Å². The smallest absolute Gasteiger partial charge is 0.199 e. The van der Waals surface area contributed by atoms with E-state index in [-0.39, 0.29) is 0 Å². The molecule has 2 N–H and O–H groups in total. The Morgan fingerprint density at radius 2 is 2.09 bits per heavy atom. The molecule has 0 bridgehead atoms. The van der Waals surface area contributed by atoms with E-state index in [0.29, 0.717) is 10.9 Å². The maximum absolute atomic E-state index is 8.75. The minimum atomic E-state index is -2.07. The van der Waals surface area contributed by atoms with E-state index in [1.165, 1.54) is 6.07 Å². The fraction of sp³-hybridized carbons (Fsp3) is 0. The third-order valence-electron chi connectivity index (χ3n) is 1.21. The van der Waals surface area contributed by atoms with E-state index in [9.17, 15) is 0 Å². The van der Waals surface area contributed by atoms with Gasteiger partial charge in [-0.25, -0.2) is 0 Å². The molecular weight excluding hydrogens is 161 g/mol. The van der Waals surface area contributed by atoms with Crippen molar-refractivity contribution in [3.05, 3.63) is 29.8 Å². The van der Waals surface area contributed by atoms with Crippen molar-refractivity contribution >= 4 is 13.7 Å². The Balaban J connectivity index is 3.03. The van der Waals surface area contributed by atoms with Gasteiger partial charge in [-0.1, -0.05) is 6.07 Å². The van der Waals surface area contributed by atoms with E-state index in [1.54, 1.807) is 18.2 Å². The normalized spacial score (nSPS) is 9.64. The zero-order chi connectivity index (χ0) is 8.27. The molecule has 0 radical (unpaired) electrons. The molecule has 0 aliphatic heterocycles. The molecule has 56 valence electrons. The zero-order valence-electron chi connectivity index (χ0n) is 5.60. The predicted molar refractivity (Wildman–Crippen MR) is 42.1 cm³/mol. The van der Waals surface area contributed by atoms with Gasteiger partial charge in [0.05, 0.1) is 11.6 Å². The highest BCUT2D eigenvalue weighted by atomic mass is 31.2. The first-order chi connectivity index (χ1) is 5.24. The Bertz CT molecular complexity index is 293. The molecule has 0 spiro atoms. The van der Waals surface area contributed by atoms with E-state index in [2.05, 4.69) is 0 Å². The molecule has 1 aromatic carbocycles. The number of nitriles is 1. The van der Waals surface area contributed by atoms with Gasteiger partial charge in [0.2, 0.25) is 0 Å². The van der Waals surface area contributed by atoms with Crippen molar-refractivity contribution in [3.8, 4) is 6.07 Å². The number of benzene rings is 1. The number of hydrogen-bond donors (Lipinski definition) is 2. The largest absolute Gasteiger partial charge is 0.347 e. The molecule has 0 amide bonds. The summed E-state index contributed by atoms with van der Waals surface area (Å²) >= 11 is 0. The van der Waals surface area contributed by atoms with Gasteiger partial charge in [-0.15, -0.1) is 0 Å². The maximum atomic E-state index is 8.75. The summed E-state index contributed by atoms with van der Waals surface area (Å²) in [5.41, 5.74) is 0.443. The van der Waals surface area contributed by atoms with Crippen LogP contribution in [0.1, 0.15) is 5.56 Å². The van der Waals surface area contributed by atoms with Crippen molar-refractivity contribution in [2.24, 2.45) is 0 Å². The molecule has 0 saturated heterocycles. The second-order valence-corrected chi connectivity index (χ2v) is 3.05. The van der Waals surface area contributed by atoms with Gasteiger partial charge in [0.25, 0.3) is 0 Å². The average molecular weight is 167 g/mol. The molecule has 11 heavy (non-hydrogen) atoms. The molecule has 1 rings (SSSR count). The van der Waals surface area contributed by atoms with Gasteiger partial charge in [0, 0.05) is 5.30 Å². The average Bonchev–Trinajstić information content (AvgIpc) is 2.05. The summed E-state index contributed by atoms with van der Waals surface area (Å²) in [6.45, 7) is 0. The lowest BCUT2D eigenvalue weighted by Gasteiger charge is -2.00. The molecule has 0 fully saturated rings. The van der Waals surface area contributed by atoms with Crippen molar-refractivity contribution in [2.75, 3.05) is 0 Å². The molecule has 0 atom stereocenters. The van der Waals surface area contributed by atoms with Crippen molar-refractivity contribution in [3.63, 3.8) is 0 Å². The lowest BCUT2D eigenvalue weighted by atomic mass is 10.2. The lowest BCUT2D eigenvalue weighted by Crippen LogP contribution is -1.99. The van der Waals surface area contributed by atoms with Gasteiger partial charge in [0.1, 0.15) is 0 Å². The Morgan fingerprint density at radius 1 is 1.36 bits per heavy atom. The second kappa shape index (κ2) is 3.45. The fourth-order valence-corrected chi connectivity index (χ4v) is 1.17. The minimum absolute atomic E-state index is 0.402. The van der Waals surface area contributed by atoms with Crippen LogP contribution < -0.4 is 5.30 Å². The van der Waals surface area contributed by atoms with Crippen LogP contribution in [0.2, 0.25) is 0 Å². The summed E-state index contributed by atoms with van der Waals surface area (Å²) < 4.78 is 0. The number of hydrogen-bond acceptors (Lipinski definition) is 3. The molecular formula is C7H6NO2P. The van der Waals surface area contributed by atoms with Crippen LogP contribution >= 0.6 is 8.38 Å². The van der Waals surface area contributed by atoms with Gasteiger partial charge < -0.3 is 9.79 Å². The van der Waals surface area contributed by atoms with E-state index in [4.69, 9.17) is 15.0 Å². The molecule has 0 aliphatic rings. The highest BCUT2D eigenvalue weighted by Crippen LogP contribution is 2.21. The quantitative estimate of drug-likeness (QED) is 0.598. The van der Waals surface area contributed by atoms with E-state index >= 15 is 0 Å². The Hall–Kier alpha value is -0.940. The van der Waals surface area contributed by atoms with Crippen LogP contribution in [-0.2, 0) is 0 Å². The van der Waals surface area contributed by atoms with E-state index in [0.717, 1.165) is 0 Å². The Morgan fingerprint density at radius 3 is 2.64 bits per heavy atom. The summed E-state index contributed by atoms with van der Waals surface area (Å²) in [7, 11) is -2.07. The van der Waals surface area contributed by atoms with Crippen LogP contribution in [0.3, 0.4) is 0 Å². The monoisotopic (exact) mass is 167 g/mol. The summed E-state index contributed by atoms with van der Waals surface area (Å²) in [5.74, 6) is 0. The van der Waals surface area contributed by atoms with E-state index < -0.39 is 8.38 Å². The first-order valence-corrected chi connectivity index (χ1v) is 4.17. The molecule has 0 unspecified atom stereocenters. The third-order valence-corrected chi connectivity index (χ3v) is 1.95. The van der Waals surface area contributed by atoms with Gasteiger partial charge in [-0.3, -0.25) is 0 Å². The minimum Gasteiger partial charge on any atom is -0.347 e. The molecule has 3 nitrogen and oxygen atoms in total. The lowest BCUT2D eigenvalue weighted by molar-refractivity contribution is 0.497. The molecule has 1 aromatic rings. The summed E-state index contributed by atoms with van der Waals surface area (Å²) in [5, 5.41) is 8.84. The van der Waals surface area contributed by atoms with Crippen molar-refractivity contribution in [1.82, 2.24) is 0 Å². The molecule has 0 saturated carbocycles. The second-order valence-electron chi connectivity index (χ2n) is 1.95. The van der Waals surface area contributed by atoms with Gasteiger partial charge in [-0.2, -0.15) is 5.26 Å². The summed E-state index contributed by atoms with van der Waals surface area (Å²) in [4.78, 5) is 17.5. The maximum Gasteiger partial charge on any atom is 0.199 e. The highest BCUT2D eigenvalue weighted by molar-refractivity contribution is 7.54. The van der Waals surface area contributed by atoms with Gasteiger partial charge in [0.15, 0.2) is 8.38 Å². The third kappa shape index (κ3) is 1.99. The number of nitrogens with zero attached hydrogens (tertiary/aromatic N) is 1. The SMILES string of the molecule is N#Cc1cccc(P(O)O)c1. The number of rotatable bonds is 1.